The number of hydrogen-bond acceptors (Lipinski definition) is 3. The topological polar surface area (TPSA) is 52.4 Å². The minimum Gasteiger partial charge on any atom is -0.493 e. The highest BCUT2D eigenvalue weighted by Gasteiger charge is 2.07. The van der Waals surface area contributed by atoms with Crippen LogP contribution in [0.5, 0.6) is 5.75 Å². The minimum absolute atomic E-state index is 0.0832. The van der Waals surface area contributed by atoms with E-state index in [0.717, 1.165) is 11.8 Å². The van der Waals surface area contributed by atoms with Crippen molar-refractivity contribution in [3.63, 3.8) is 0 Å². The lowest BCUT2D eigenvalue weighted by Gasteiger charge is -2.12. The Kier molecular flexibility index (Phi) is 5.25. The summed E-state index contributed by atoms with van der Waals surface area (Å²) in [6, 6.07) is 6.15. The zero-order valence-electron chi connectivity index (χ0n) is 9.06. The van der Waals surface area contributed by atoms with E-state index in [0.29, 0.717) is 18.3 Å². The van der Waals surface area contributed by atoms with E-state index in [2.05, 4.69) is 22.9 Å². The molecule has 4 nitrogen and oxygen atoms in total. The summed E-state index contributed by atoms with van der Waals surface area (Å²) < 4.78 is 5.53. The zero-order valence-corrected chi connectivity index (χ0v) is 10.6. The predicted octanol–water partition coefficient (Wildman–Crippen LogP) is 3.39. The van der Waals surface area contributed by atoms with E-state index in [-0.39, 0.29) is 5.69 Å². The van der Waals surface area contributed by atoms with Gasteiger partial charge < -0.3 is 4.74 Å². The molecule has 88 valence electrons. The molecule has 1 rings (SSSR count). The Morgan fingerprint density at radius 1 is 1.44 bits per heavy atom. The summed E-state index contributed by atoms with van der Waals surface area (Å²) in [6.07, 6.45) is 1.04. The van der Waals surface area contributed by atoms with Gasteiger partial charge in [-0.15, -0.1) is 0 Å². The molecule has 1 atom stereocenters. The number of ether oxygens (including phenoxy) is 1. The summed E-state index contributed by atoms with van der Waals surface area (Å²) >= 11 is 3.41. The molecule has 0 saturated heterocycles. The Labute approximate surface area is 103 Å². The number of rotatable bonds is 6. The second-order valence-electron chi connectivity index (χ2n) is 3.49. The second kappa shape index (κ2) is 6.48. The van der Waals surface area contributed by atoms with Crippen molar-refractivity contribution in [1.29, 1.82) is 0 Å². The number of nitro benzene ring substituents is 1. The Bertz CT molecular complexity index is 336. The fraction of sp³-hybridized carbons (Fsp3) is 0.455. The number of nitro groups is 1. The van der Waals surface area contributed by atoms with Crippen LogP contribution in [0.2, 0.25) is 0 Å². The monoisotopic (exact) mass is 287 g/mol. The lowest BCUT2D eigenvalue weighted by atomic mass is 10.1. The summed E-state index contributed by atoms with van der Waals surface area (Å²) in [7, 11) is 0. The van der Waals surface area contributed by atoms with Crippen molar-refractivity contribution < 1.29 is 9.66 Å². The highest BCUT2D eigenvalue weighted by atomic mass is 79.9. The molecule has 0 radical (unpaired) electrons. The zero-order chi connectivity index (χ0) is 12.0. The van der Waals surface area contributed by atoms with Gasteiger partial charge in [-0.2, -0.15) is 0 Å². The first-order chi connectivity index (χ1) is 7.67. The number of nitrogens with zero attached hydrogens (tertiary/aromatic N) is 1. The third kappa shape index (κ3) is 3.81. The molecule has 0 spiro atoms. The van der Waals surface area contributed by atoms with Crippen molar-refractivity contribution in [1.82, 2.24) is 0 Å². The van der Waals surface area contributed by atoms with Crippen LogP contribution in [-0.4, -0.2) is 16.9 Å². The number of halogens is 1. The van der Waals surface area contributed by atoms with Gasteiger partial charge in [0, 0.05) is 23.4 Å². The van der Waals surface area contributed by atoms with Gasteiger partial charge in [0.1, 0.15) is 5.75 Å². The van der Waals surface area contributed by atoms with E-state index in [1.807, 2.05) is 0 Å². The van der Waals surface area contributed by atoms with Crippen LogP contribution < -0.4 is 4.74 Å². The van der Waals surface area contributed by atoms with E-state index in [9.17, 15) is 10.1 Å². The van der Waals surface area contributed by atoms with Crippen molar-refractivity contribution in [2.75, 3.05) is 11.9 Å². The molecule has 0 aliphatic heterocycles. The molecule has 1 aromatic rings. The molecule has 1 aromatic carbocycles. The van der Waals surface area contributed by atoms with E-state index >= 15 is 0 Å². The van der Waals surface area contributed by atoms with Gasteiger partial charge in [0.05, 0.1) is 11.5 Å². The SMILES string of the molecule is CCC(CBr)COc1ccc([N+](=O)[O-])cc1. The van der Waals surface area contributed by atoms with Crippen LogP contribution in [0.4, 0.5) is 5.69 Å². The molecule has 0 bridgehead atoms. The van der Waals surface area contributed by atoms with Crippen molar-refractivity contribution >= 4 is 21.6 Å². The van der Waals surface area contributed by atoms with E-state index in [1.165, 1.54) is 12.1 Å². The molecule has 16 heavy (non-hydrogen) atoms. The molecule has 0 N–H and O–H groups in total. The minimum atomic E-state index is -0.420. The largest absolute Gasteiger partial charge is 0.493 e. The van der Waals surface area contributed by atoms with Crippen LogP contribution in [0.3, 0.4) is 0 Å². The fourth-order valence-electron chi connectivity index (χ4n) is 1.15. The van der Waals surface area contributed by atoms with Crippen molar-refractivity contribution in [2.45, 2.75) is 13.3 Å². The summed E-state index contributed by atoms with van der Waals surface area (Å²) in [6.45, 7) is 2.73. The number of non-ortho nitro benzene ring substituents is 1. The molecule has 0 heterocycles. The van der Waals surface area contributed by atoms with E-state index in [1.54, 1.807) is 12.1 Å². The first kappa shape index (κ1) is 13.0. The number of hydrogen-bond donors (Lipinski definition) is 0. The van der Waals surface area contributed by atoms with Gasteiger partial charge >= 0.3 is 0 Å². The normalized spacial score (nSPS) is 12.1. The maximum Gasteiger partial charge on any atom is 0.269 e. The summed E-state index contributed by atoms with van der Waals surface area (Å²) in [5, 5.41) is 11.3. The molecular weight excluding hydrogens is 274 g/mol. The summed E-state index contributed by atoms with van der Waals surface area (Å²) in [5.41, 5.74) is 0.0832. The lowest BCUT2D eigenvalue weighted by Crippen LogP contribution is -2.12. The van der Waals surface area contributed by atoms with Gasteiger partial charge in [-0.3, -0.25) is 10.1 Å². The van der Waals surface area contributed by atoms with Gasteiger partial charge in [0.2, 0.25) is 0 Å². The van der Waals surface area contributed by atoms with Crippen LogP contribution in [0, 0.1) is 16.0 Å². The standard InChI is InChI=1S/C11H14BrNO3/c1-2-9(7-12)8-16-11-5-3-10(4-6-11)13(14)15/h3-6,9H,2,7-8H2,1H3. The van der Waals surface area contributed by atoms with E-state index < -0.39 is 4.92 Å². The highest BCUT2D eigenvalue weighted by Crippen LogP contribution is 2.18. The average molecular weight is 288 g/mol. The molecule has 0 aliphatic rings. The summed E-state index contributed by atoms with van der Waals surface area (Å²) in [4.78, 5) is 10.0. The van der Waals surface area contributed by atoms with Gasteiger partial charge in [-0.05, 0) is 18.6 Å². The molecule has 5 heteroatoms. The Hall–Kier alpha value is -1.10. The smallest absolute Gasteiger partial charge is 0.269 e. The molecule has 0 saturated carbocycles. The van der Waals surface area contributed by atoms with Crippen LogP contribution in [0.25, 0.3) is 0 Å². The third-order valence-corrected chi connectivity index (χ3v) is 3.24. The Balaban J connectivity index is 2.52. The molecule has 0 aliphatic carbocycles. The highest BCUT2D eigenvalue weighted by molar-refractivity contribution is 9.09. The molecule has 0 fully saturated rings. The average Bonchev–Trinajstić information content (AvgIpc) is 2.31. The van der Waals surface area contributed by atoms with Gasteiger partial charge in [-0.25, -0.2) is 0 Å². The van der Waals surface area contributed by atoms with Crippen LogP contribution in [0.15, 0.2) is 24.3 Å². The molecule has 0 aromatic heterocycles. The van der Waals surface area contributed by atoms with Crippen molar-refractivity contribution in [2.24, 2.45) is 5.92 Å². The maximum absolute atomic E-state index is 10.4. The maximum atomic E-state index is 10.4. The van der Waals surface area contributed by atoms with E-state index in [4.69, 9.17) is 4.74 Å². The third-order valence-electron chi connectivity index (χ3n) is 2.33. The predicted molar refractivity (Wildman–Crippen MR) is 66.2 cm³/mol. The Morgan fingerprint density at radius 2 is 2.06 bits per heavy atom. The Morgan fingerprint density at radius 3 is 2.50 bits per heavy atom. The number of alkyl halides is 1. The van der Waals surface area contributed by atoms with Gasteiger partial charge in [-0.1, -0.05) is 22.9 Å². The number of benzene rings is 1. The quantitative estimate of drug-likeness (QED) is 0.458. The van der Waals surface area contributed by atoms with Gasteiger partial charge in [0.15, 0.2) is 0 Å². The van der Waals surface area contributed by atoms with Crippen molar-refractivity contribution in [3.8, 4) is 5.75 Å². The van der Waals surface area contributed by atoms with Crippen LogP contribution in [-0.2, 0) is 0 Å². The van der Waals surface area contributed by atoms with Crippen LogP contribution in [0.1, 0.15) is 13.3 Å². The van der Waals surface area contributed by atoms with Gasteiger partial charge in [0.25, 0.3) is 5.69 Å². The second-order valence-corrected chi connectivity index (χ2v) is 4.14. The molecule has 1 unspecified atom stereocenters. The molecular formula is C11H14BrNO3. The first-order valence-corrected chi connectivity index (χ1v) is 6.22. The molecule has 0 amide bonds. The first-order valence-electron chi connectivity index (χ1n) is 5.10. The van der Waals surface area contributed by atoms with Crippen LogP contribution >= 0.6 is 15.9 Å². The van der Waals surface area contributed by atoms with Crippen molar-refractivity contribution in [3.05, 3.63) is 34.4 Å². The summed E-state index contributed by atoms with van der Waals surface area (Å²) in [5.74, 6) is 1.14. The lowest BCUT2D eigenvalue weighted by molar-refractivity contribution is -0.384. The fourth-order valence-corrected chi connectivity index (χ4v) is 1.79.